The molecule has 2 unspecified atom stereocenters. The van der Waals surface area contributed by atoms with Crippen LogP contribution in [-0.2, 0) is 0 Å². The molecule has 0 bridgehead atoms. The van der Waals surface area contributed by atoms with Gasteiger partial charge in [0.05, 0.1) is 4.88 Å². The van der Waals surface area contributed by atoms with Gasteiger partial charge in [-0.1, -0.05) is 6.42 Å². The predicted molar refractivity (Wildman–Crippen MR) is 74.0 cm³/mol. The van der Waals surface area contributed by atoms with Gasteiger partial charge in [-0.05, 0) is 49.2 Å². The molecule has 17 heavy (non-hydrogen) atoms. The molecular formula is C12H19ClN2OS. The van der Waals surface area contributed by atoms with Gasteiger partial charge < -0.3 is 11.1 Å². The van der Waals surface area contributed by atoms with Crippen molar-refractivity contribution in [2.24, 2.45) is 11.7 Å². The van der Waals surface area contributed by atoms with Gasteiger partial charge in [0.1, 0.15) is 0 Å². The minimum Gasteiger partial charge on any atom is -0.348 e. The number of amides is 1. The van der Waals surface area contributed by atoms with E-state index in [0.29, 0.717) is 12.5 Å². The standard InChI is InChI=1S/C12H18N2OS.ClH/c1-8-5-6-16-11(8)12(15)14-10-4-2-3-9(10)7-13;/h5-6,9-10H,2-4,7,13H2,1H3,(H,14,15);1H. The van der Waals surface area contributed by atoms with E-state index in [4.69, 9.17) is 5.73 Å². The summed E-state index contributed by atoms with van der Waals surface area (Å²) >= 11 is 1.51. The van der Waals surface area contributed by atoms with E-state index in [2.05, 4.69) is 5.32 Å². The third kappa shape index (κ3) is 3.21. The molecule has 3 N–H and O–H groups in total. The number of halogens is 1. The minimum atomic E-state index is 0. The van der Waals surface area contributed by atoms with Gasteiger partial charge in [-0.2, -0.15) is 0 Å². The molecule has 1 amide bonds. The van der Waals surface area contributed by atoms with E-state index in [0.717, 1.165) is 23.3 Å². The Morgan fingerprint density at radius 1 is 1.59 bits per heavy atom. The highest BCUT2D eigenvalue weighted by molar-refractivity contribution is 7.12. The molecule has 0 radical (unpaired) electrons. The molecule has 0 saturated heterocycles. The Hall–Kier alpha value is -0.580. The molecule has 96 valence electrons. The summed E-state index contributed by atoms with van der Waals surface area (Å²) in [5.41, 5.74) is 6.76. The van der Waals surface area contributed by atoms with E-state index < -0.39 is 0 Å². The highest BCUT2D eigenvalue weighted by Gasteiger charge is 2.28. The van der Waals surface area contributed by atoms with Crippen LogP contribution in [0.3, 0.4) is 0 Å². The van der Waals surface area contributed by atoms with Crippen LogP contribution in [0.25, 0.3) is 0 Å². The van der Waals surface area contributed by atoms with Crippen LogP contribution >= 0.6 is 23.7 Å². The van der Waals surface area contributed by atoms with Crippen molar-refractivity contribution in [2.45, 2.75) is 32.2 Å². The number of nitrogens with one attached hydrogen (secondary N) is 1. The van der Waals surface area contributed by atoms with Crippen LogP contribution < -0.4 is 11.1 Å². The second-order valence-electron chi connectivity index (χ2n) is 4.44. The summed E-state index contributed by atoms with van der Waals surface area (Å²) in [6.45, 7) is 2.65. The van der Waals surface area contributed by atoms with Crippen LogP contribution in [-0.4, -0.2) is 18.5 Å². The number of hydrogen-bond donors (Lipinski definition) is 2. The first-order valence-electron chi connectivity index (χ1n) is 5.77. The van der Waals surface area contributed by atoms with Crippen molar-refractivity contribution in [3.8, 4) is 0 Å². The maximum atomic E-state index is 12.0. The average Bonchev–Trinajstić information content (AvgIpc) is 2.86. The number of nitrogens with two attached hydrogens (primary N) is 1. The molecule has 1 fully saturated rings. The van der Waals surface area contributed by atoms with Crippen LogP contribution in [0.1, 0.15) is 34.5 Å². The molecule has 2 atom stereocenters. The second-order valence-corrected chi connectivity index (χ2v) is 5.36. The predicted octanol–water partition coefficient (Wildman–Crippen LogP) is 2.34. The Kier molecular flexibility index (Phi) is 5.43. The molecule has 0 aliphatic heterocycles. The monoisotopic (exact) mass is 274 g/mol. The quantitative estimate of drug-likeness (QED) is 0.889. The molecule has 0 spiro atoms. The van der Waals surface area contributed by atoms with E-state index in [1.165, 1.54) is 17.8 Å². The number of carbonyl (C=O) groups excluding carboxylic acids is 1. The molecule has 1 heterocycles. The number of aryl methyl sites for hydroxylation is 1. The van der Waals surface area contributed by atoms with Gasteiger partial charge in [-0.25, -0.2) is 0 Å². The number of hydrogen-bond acceptors (Lipinski definition) is 3. The van der Waals surface area contributed by atoms with Gasteiger partial charge in [0.2, 0.25) is 0 Å². The smallest absolute Gasteiger partial charge is 0.261 e. The summed E-state index contributed by atoms with van der Waals surface area (Å²) in [6, 6.07) is 2.26. The number of thiophene rings is 1. The Morgan fingerprint density at radius 2 is 2.35 bits per heavy atom. The van der Waals surface area contributed by atoms with Crippen LogP contribution in [0.15, 0.2) is 11.4 Å². The van der Waals surface area contributed by atoms with Crippen molar-refractivity contribution in [1.82, 2.24) is 5.32 Å². The van der Waals surface area contributed by atoms with Crippen LogP contribution in [0.4, 0.5) is 0 Å². The molecule has 1 aromatic heterocycles. The molecule has 1 saturated carbocycles. The van der Waals surface area contributed by atoms with Crippen LogP contribution in [0, 0.1) is 12.8 Å². The van der Waals surface area contributed by atoms with E-state index >= 15 is 0 Å². The molecule has 1 aromatic rings. The fourth-order valence-corrected chi connectivity index (χ4v) is 3.18. The van der Waals surface area contributed by atoms with Crippen molar-refractivity contribution >= 4 is 29.7 Å². The maximum Gasteiger partial charge on any atom is 0.261 e. The lowest BCUT2D eigenvalue weighted by Gasteiger charge is -2.19. The maximum absolute atomic E-state index is 12.0. The first-order chi connectivity index (χ1) is 7.72. The van der Waals surface area contributed by atoms with Crippen molar-refractivity contribution in [1.29, 1.82) is 0 Å². The zero-order valence-electron chi connectivity index (χ0n) is 9.94. The van der Waals surface area contributed by atoms with Crippen LogP contribution in [0.5, 0.6) is 0 Å². The number of rotatable bonds is 3. The van der Waals surface area contributed by atoms with Crippen molar-refractivity contribution in [2.75, 3.05) is 6.54 Å². The van der Waals surface area contributed by atoms with E-state index in [1.807, 2.05) is 18.4 Å². The Morgan fingerprint density at radius 3 is 2.94 bits per heavy atom. The topological polar surface area (TPSA) is 55.1 Å². The third-order valence-electron chi connectivity index (χ3n) is 3.35. The summed E-state index contributed by atoms with van der Waals surface area (Å²) in [4.78, 5) is 12.8. The lowest BCUT2D eigenvalue weighted by atomic mass is 10.0. The molecule has 3 nitrogen and oxygen atoms in total. The van der Waals surface area contributed by atoms with Crippen molar-refractivity contribution in [3.05, 3.63) is 21.9 Å². The van der Waals surface area contributed by atoms with Gasteiger partial charge in [-0.3, -0.25) is 4.79 Å². The first kappa shape index (κ1) is 14.5. The largest absolute Gasteiger partial charge is 0.348 e. The van der Waals surface area contributed by atoms with E-state index in [1.54, 1.807) is 0 Å². The van der Waals surface area contributed by atoms with Crippen molar-refractivity contribution < 1.29 is 4.79 Å². The minimum absolute atomic E-state index is 0. The molecular weight excluding hydrogens is 256 g/mol. The first-order valence-corrected chi connectivity index (χ1v) is 6.65. The van der Waals surface area contributed by atoms with Gasteiger partial charge in [-0.15, -0.1) is 23.7 Å². The summed E-state index contributed by atoms with van der Waals surface area (Å²) in [6.07, 6.45) is 3.39. The fourth-order valence-electron chi connectivity index (χ4n) is 2.35. The molecule has 1 aliphatic rings. The summed E-state index contributed by atoms with van der Waals surface area (Å²) in [5.74, 6) is 0.530. The zero-order valence-corrected chi connectivity index (χ0v) is 11.6. The third-order valence-corrected chi connectivity index (χ3v) is 4.36. The molecule has 2 rings (SSSR count). The SMILES string of the molecule is Cc1ccsc1C(=O)NC1CCCC1CN.Cl. The van der Waals surface area contributed by atoms with Gasteiger partial charge in [0.15, 0.2) is 0 Å². The van der Waals surface area contributed by atoms with E-state index in [9.17, 15) is 4.79 Å². The average molecular weight is 275 g/mol. The van der Waals surface area contributed by atoms with Gasteiger partial charge >= 0.3 is 0 Å². The van der Waals surface area contributed by atoms with Crippen molar-refractivity contribution in [3.63, 3.8) is 0 Å². The summed E-state index contributed by atoms with van der Waals surface area (Å²) in [7, 11) is 0. The summed E-state index contributed by atoms with van der Waals surface area (Å²) in [5, 5.41) is 5.07. The van der Waals surface area contributed by atoms with E-state index in [-0.39, 0.29) is 24.4 Å². The highest BCUT2D eigenvalue weighted by Crippen LogP contribution is 2.25. The Labute approximate surface area is 112 Å². The molecule has 5 heteroatoms. The Bertz CT molecular complexity index is 380. The normalized spacial score (nSPS) is 23.2. The lowest BCUT2D eigenvalue weighted by molar-refractivity contribution is 0.0932. The molecule has 1 aliphatic carbocycles. The summed E-state index contributed by atoms with van der Waals surface area (Å²) < 4.78 is 0. The fraction of sp³-hybridized carbons (Fsp3) is 0.583. The van der Waals surface area contributed by atoms with Gasteiger partial charge in [0.25, 0.3) is 5.91 Å². The van der Waals surface area contributed by atoms with Gasteiger partial charge in [0, 0.05) is 6.04 Å². The number of carbonyl (C=O) groups is 1. The highest BCUT2D eigenvalue weighted by atomic mass is 35.5. The van der Waals surface area contributed by atoms with Crippen LogP contribution in [0.2, 0.25) is 0 Å². The zero-order chi connectivity index (χ0) is 11.5. The molecule has 0 aromatic carbocycles. The second kappa shape index (κ2) is 6.38. The Balaban J connectivity index is 0.00000144. The lowest BCUT2D eigenvalue weighted by Crippen LogP contribution is -2.39.